The quantitative estimate of drug-likeness (QED) is 0.343. The number of nitrogens with zero attached hydrogens (tertiary/aromatic N) is 1. The van der Waals surface area contributed by atoms with Crippen LogP contribution in [0.15, 0.2) is 35.0 Å². The molecule has 0 aliphatic carbocycles. The van der Waals surface area contributed by atoms with E-state index in [0.29, 0.717) is 25.4 Å². The van der Waals surface area contributed by atoms with Crippen LogP contribution in [0.4, 0.5) is 5.69 Å². The number of aliphatic hydroxyl groups is 1. The van der Waals surface area contributed by atoms with Crippen LogP contribution in [0.25, 0.3) is 11.1 Å². The molecule has 0 bridgehead atoms. The van der Waals surface area contributed by atoms with Crippen LogP contribution in [-0.4, -0.2) is 36.8 Å². The van der Waals surface area contributed by atoms with Gasteiger partial charge in [0.2, 0.25) is 5.91 Å². The van der Waals surface area contributed by atoms with Crippen LogP contribution in [0.5, 0.6) is 0 Å². The highest BCUT2D eigenvalue weighted by atomic mass is 32.1. The van der Waals surface area contributed by atoms with Gasteiger partial charge in [0.1, 0.15) is 12.6 Å². The third-order valence-electron chi connectivity index (χ3n) is 4.24. The van der Waals surface area contributed by atoms with Gasteiger partial charge in [-0.15, -0.1) is 11.3 Å². The Morgan fingerprint density at radius 1 is 1.25 bits per heavy atom. The van der Waals surface area contributed by atoms with Gasteiger partial charge in [0, 0.05) is 29.4 Å². The minimum atomic E-state index is -0.386. The van der Waals surface area contributed by atoms with Gasteiger partial charge >= 0.3 is 0 Å². The molecule has 0 spiro atoms. The second kappa shape index (κ2) is 11.4. The highest BCUT2D eigenvalue weighted by Crippen LogP contribution is 2.33. The lowest BCUT2D eigenvalue weighted by atomic mass is 10.0. The van der Waals surface area contributed by atoms with Gasteiger partial charge in [-0.2, -0.15) is 5.26 Å². The first-order chi connectivity index (χ1) is 13.5. The van der Waals surface area contributed by atoms with E-state index in [2.05, 4.69) is 59.4 Å². The fourth-order valence-corrected chi connectivity index (χ4v) is 3.69. The lowest BCUT2D eigenvalue weighted by molar-refractivity contribution is -0.121. The predicted octanol–water partition coefficient (Wildman–Crippen LogP) is 2.96. The molecule has 1 heterocycles. The smallest absolute Gasteiger partial charge is 0.243 e. The van der Waals surface area contributed by atoms with Gasteiger partial charge in [-0.1, -0.05) is 38.1 Å². The molecule has 4 N–H and O–H groups in total. The Morgan fingerprint density at radius 2 is 2.00 bits per heavy atom. The van der Waals surface area contributed by atoms with Crippen LogP contribution < -0.4 is 16.0 Å². The topological polar surface area (TPSA) is 97.2 Å². The van der Waals surface area contributed by atoms with Crippen LogP contribution in [0.1, 0.15) is 25.8 Å². The Hall–Kier alpha value is -2.40. The number of nitriles is 1. The number of carbonyl (C=O) groups excluding carboxylic acids is 1. The SMILES string of the molecule is CC(C)C[C@H](Nc1cscc1-c1ccc(CNCCO)cc1)C(=O)NCC#N. The maximum absolute atomic E-state index is 12.4. The Balaban J connectivity index is 2.12. The summed E-state index contributed by atoms with van der Waals surface area (Å²) in [7, 11) is 0. The molecular weight excluding hydrogens is 372 g/mol. The summed E-state index contributed by atoms with van der Waals surface area (Å²) in [6.07, 6.45) is 0.683. The summed E-state index contributed by atoms with van der Waals surface area (Å²) in [5, 5.41) is 30.8. The summed E-state index contributed by atoms with van der Waals surface area (Å²) in [5.41, 5.74) is 4.21. The summed E-state index contributed by atoms with van der Waals surface area (Å²) >= 11 is 1.59. The van der Waals surface area contributed by atoms with Crippen LogP contribution >= 0.6 is 11.3 Å². The Bertz CT molecular complexity index is 780. The number of hydrogen-bond acceptors (Lipinski definition) is 6. The summed E-state index contributed by atoms with van der Waals surface area (Å²) in [6, 6.07) is 9.82. The van der Waals surface area contributed by atoms with Crippen LogP contribution in [0.3, 0.4) is 0 Å². The molecule has 0 saturated heterocycles. The van der Waals surface area contributed by atoms with Crippen LogP contribution in [0, 0.1) is 17.2 Å². The van der Waals surface area contributed by atoms with Crippen molar-refractivity contribution in [2.75, 3.05) is 25.0 Å². The first-order valence-corrected chi connectivity index (χ1v) is 10.4. The van der Waals surface area contributed by atoms with Gasteiger partial charge < -0.3 is 21.1 Å². The molecule has 0 unspecified atom stereocenters. The van der Waals surface area contributed by atoms with Gasteiger partial charge in [-0.25, -0.2) is 0 Å². The van der Waals surface area contributed by atoms with E-state index in [9.17, 15) is 4.79 Å². The zero-order chi connectivity index (χ0) is 20.4. The van der Waals surface area contributed by atoms with Crippen molar-refractivity contribution >= 4 is 22.9 Å². The van der Waals surface area contributed by atoms with Crippen LogP contribution in [-0.2, 0) is 11.3 Å². The van der Waals surface area contributed by atoms with Gasteiger partial charge in [-0.05, 0) is 23.5 Å². The summed E-state index contributed by atoms with van der Waals surface area (Å²) < 4.78 is 0. The minimum absolute atomic E-state index is 0.0113. The summed E-state index contributed by atoms with van der Waals surface area (Å²) in [6.45, 7) is 5.57. The van der Waals surface area contributed by atoms with Crippen molar-refractivity contribution in [1.82, 2.24) is 10.6 Å². The van der Waals surface area contributed by atoms with Crippen molar-refractivity contribution in [2.24, 2.45) is 5.92 Å². The molecule has 2 aromatic rings. The molecule has 1 atom stereocenters. The maximum atomic E-state index is 12.4. The molecule has 0 fully saturated rings. The van der Waals surface area contributed by atoms with E-state index in [0.717, 1.165) is 22.4 Å². The Labute approximate surface area is 170 Å². The molecule has 0 aliphatic heterocycles. The number of aliphatic hydroxyl groups excluding tert-OH is 1. The highest BCUT2D eigenvalue weighted by Gasteiger charge is 2.21. The Kier molecular flexibility index (Phi) is 8.95. The molecule has 0 aliphatic rings. The molecule has 150 valence electrons. The molecule has 1 aromatic heterocycles. The number of thiophene rings is 1. The third-order valence-corrected chi connectivity index (χ3v) is 4.98. The molecule has 1 aromatic carbocycles. The second-order valence-electron chi connectivity index (χ2n) is 7.00. The number of amides is 1. The molecule has 2 rings (SSSR count). The fourth-order valence-electron chi connectivity index (χ4n) is 2.89. The van der Waals surface area contributed by atoms with Crippen molar-refractivity contribution < 1.29 is 9.90 Å². The Morgan fingerprint density at radius 3 is 2.64 bits per heavy atom. The molecule has 6 nitrogen and oxygen atoms in total. The van der Waals surface area contributed by atoms with Crippen molar-refractivity contribution in [1.29, 1.82) is 5.26 Å². The van der Waals surface area contributed by atoms with E-state index in [-0.39, 0.29) is 25.1 Å². The van der Waals surface area contributed by atoms with Gasteiger partial charge in [0.15, 0.2) is 0 Å². The van der Waals surface area contributed by atoms with E-state index in [1.165, 1.54) is 0 Å². The van der Waals surface area contributed by atoms with Gasteiger partial charge in [0.05, 0.1) is 18.4 Å². The molecule has 0 saturated carbocycles. The zero-order valence-electron chi connectivity index (χ0n) is 16.4. The largest absolute Gasteiger partial charge is 0.395 e. The average molecular weight is 401 g/mol. The van der Waals surface area contributed by atoms with Crippen molar-refractivity contribution in [3.8, 4) is 17.2 Å². The first kappa shape index (κ1) is 21.9. The summed E-state index contributed by atoms with van der Waals surface area (Å²) in [5.74, 6) is 0.191. The monoisotopic (exact) mass is 400 g/mol. The average Bonchev–Trinajstić information content (AvgIpc) is 3.14. The van der Waals surface area contributed by atoms with Crippen LogP contribution in [0.2, 0.25) is 0 Å². The lowest BCUT2D eigenvalue weighted by Crippen LogP contribution is -2.40. The molecule has 28 heavy (non-hydrogen) atoms. The molecular formula is C21H28N4O2S. The summed E-state index contributed by atoms with van der Waals surface area (Å²) in [4.78, 5) is 12.4. The fraction of sp³-hybridized carbons (Fsp3) is 0.429. The van der Waals surface area contributed by atoms with E-state index >= 15 is 0 Å². The highest BCUT2D eigenvalue weighted by molar-refractivity contribution is 7.08. The van der Waals surface area contributed by atoms with Crippen molar-refractivity contribution in [3.63, 3.8) is 0 Å². The molecule has 7 heteroatoms. The predicted molar refractivity (Wildman–Crippen MR) is 114 cm³/mol. The minimum Gasteiger partial charge on any atom is -0.395 e. The maximum Gasteiger partial charge on any atom is 0.243 e. The number of carbonyl (C=O) groups is 1. The number of benzene rings is 1. The van der Waals surface area contributed by atoms with Crippen molar-refractivity contribution in [2.45, 2.75) is 32.9 Å². The standard InChI is InChI=1S/C21H28N4O2S/c1-15(2)11-19(21(27)24-8-7-22)25-20-14-28-13-18(20)17-5-3-16(4-6-17)12-23-9-10-26/h3-6,13-15,19,23,25-26H,8-12H2,1-2H3,(H,24,27)/t19-/m0/s1. The third kappa shape index (κ3) is 6.64. The van der Waals surface area contributed by atoms with E-state index in [1.54, 1.807) is 11.3 Å². The van der Waals surface area contributed by atoms with Crippen molar-refractivity contribution in [3.05, 3.63) is 40.6 Å². The number of nitrogens with one attached hydrogen (secondary N) is 3. The van der Waals surface area contributed by atoms with Gasteiger partial charge in [0.25, 0.3) is 0 Å². The normalized spacial score (nSPS) is 11.8. The van der Waals surface area contributed by atoms with E-state index < -0.39 is 0 Å². The van der Waals surface area contributed by atoms with Gasteiger partial charge in [-0.3, -0.25) is 4.79 Å². The molecule has 1 amide bonds. The molecule has 0 radical (unpaired) electrons. The number of hydrogen-bond donors (Lipinski definition) is 4. The first-order valence-electron chi connectivity index (χ1n) is 9.43. The number of anilines is 1. The zero-order valence-corrected chi connectivity index (χ0v) is 17.2. The second-order valence-corrected chi connectivity index (χ2v) is 7.74. The lowest BCUT2D eigenvalue weighted by Gasteiger charge is -2.21. The number of rotatable bonds is 11. The van der Waals surface area contributed by atoms with E-state index in [4.69, 9.17) is 10.4 Å². The van der Waals surface area contributed by atoms with E-state index in [1.807, 2.05) is 11.4 Å².